The van der Waals surface area contributed by atoms with Crippen molar-refractivity contribution in [3.05, 3.63) is 35.6 Å². The average Bonchev–Trinajstić information content (AvgIpc) is 2.28. The van der Waals surface area contributed by atoms with Crippen molar-refractivity contribution in [2.45, 2.75) is 32.4 Å². The van der Waals surface area contributed by atoms with Crippen LogP contribution in [0.1, 0.15) is 31.9 Å². The SMILES string of the molecule is COC(=O)CC(C)N[C@H](C)c1cccc(F)c1. The Morgan fingerprint density at radius 1 is 1.47 bits per heavy atom. The summed E-state index contributed by atoms with van der Waals surface area (Å²) in [5.74, 6) is -0.506. The van der Waals surface area contributed by atoms with Gasteiger partial charge in [0.25, 0.3) is 0 Å². The van der Waals surface area contributed by atoms with Crippen LogP contribution in [0.15, 0.2) is 24.3 Å². The first-order valence-corrected chi connectivity index (χ1v) is 5.61. The van der Waals surface area contributed by atoms with Gasteiger partial charge in [-0.2, -0.15) is 0 Å². The number of carbonyl (C=O) groups excluding carboxylic acids is 1. The molecule has 0 saturated carbocycles. The van der Waals surface area contributed by atoms with Crippen LogP contribution in [0, 0.1) is 5.82 Å². The Hall–Kier alpha value is -1.42. The third-order valence-electron chi connectivity index (χ3n) is 2.58. The highest BCUT2D eigenvalue weighted by molar-refractivity contribution is 5.69. The number of halogens is 1. The summed E-state index contributed by atoms with van der Waals surface area (Å²) in [6.45, 7) is 3.83. The highest BCUT2D eigenvalue weighted by atomic mass is 19.1. The third kappa shape index (κ3) is 4.53. The molecule has 0 heterocycles. The van der Waals surface area contributed by atoms with Gasteiger partial charge in [0.2, 0.25) is 0 Å². The highest BCUT2D eigenvalue weighted by Crippen LogP contribution is 2.14. The van der Waals surface area contributed by atoms with Crippen LogP contribution in [-0.4, -0.2) is 19.1 Å². The Balaban J connectivity index is 2.54. The van der Waals surface area contributed by atoms with Crippen molar-refractivity contribution < 1.29 is 13.9 Å². The van der Waals surface area contributed by atoms with Crippen LogP contribution in [0.5, 0.6) is 0 Å². The van der Waals surface area contributed by atoms with Crippen LogP contribution < -0.4 is 5.32 Å². The Bertz CT molecular complexity index is 381. The number of hydrogen-bond acceptors (Lipinski definition) is 3. The minimum absolute atomic E-state index is 0.00893. The van der Waals surface area contributed by atoms with Gasteiger partial charge in [0, 0.05) is 12.1 Å². The van der Waals surface area contributed by atoms with Gasteiger partial charge in [0.15, 0.2) is 0 Å². The standard InChI is InChI=1S/C13H18FNO2/c1-9(7-13(16)17-3)15-10(2)11-5-4-6-12(14)8-11/h4-6,8-10,15H,7H2,1-3H3/t9?,10-/m1/s1. The Morgan fingerprint density at radius 3 is 2.76 bits per heavy atom. The lowest BCUT2D eigenvalue weighted by Gasteiger charge is -2.19. The maximum absolute atomic E-state index is 13.0. The molecule has 0 amide bonds. The first kappa shape index (κ1) is 13.6. The van der Waals surface area contributed by atoms with E-state index in [4.69, 9.17) is 0 Å². The normalized spacial score (nSPS) is 14.1. The summed E-state index contributed by atoms with van der Waals surface area (Å²) in [6, 6.07) is 6.40. The van der Waals surface area contributed by atoms with Gasteiger partial charge in [-0.25, -0.2) is 4.39 Å². The molecule has 2 atom stereocenters. The van der Waals surface area contributed by atoms with Crippen LogP contribution in [0.4, 0.5) is 4.39 Å². The zero-order valence-electron chi connectivity index (χ0n) is 10.4. The van der Waals surface area contributed by atoms with E-state index in [0.717, 1.165) is 5.56 Å². The molecule has 0 spiro atoms. The maximum Gasteiger partial charge on any atom is 0.307 e. The number of esters is 1. The summed E-state index contributed by atoms with van der Waals surface area (Å²) in [5.41, 5.74) is 0.863. The van der Waals surface area contributed by atoms with E-state index in [0.29, 0.717) is 6.42 Å². The van der Waals surface area contributed by atoms with Crippen molar-refractivity contribution in [2.75, 3.05) is 7.11 Å². The number of nitrogens with one attached hydrogen (secondary N) is 1. The average molecular weight is 239 g/mol. The summed E-state index contributed by atoms with van der Waals surface area (Å²) < 4.78 is 17.6. The number of carbonyl (C=O) groups is 1. The molecule has 0 radical (unpaired) electrons. The van der Waals surface area contributed by atoms with E-state index in [1.165, 1.54) is 19.2 Å². The molecule has 1 rings (SSSR count). The zero-order valence-corrected chi connectivity index (χ0v) is 10.4. The van der Waals surface area contributed by atoms with E-state index < -0.39 is 0 Å². The molecule has 1 N–H and O–H groups in total. The van der Waals surface area contributed by atoms with Crippen LogP contribution in [0.2, 0.25) is 0 Å². The van der Waals surface area contributed by atoms with Crippen LogP contribution in [0.3, 0.4) is 0 Å². The van der Waals surface area contributed by atoms with Crippen molar-refractivity contribution in [3.63, 3.8) is 0 Å². The van der Waals surface area contributed by atoms with Gasteiger partial charge in [0.05, 0.1) is 13.5 Å². The van der Waals surface area contributed by atoms with Gasteiger partial charge < -0.3 is 10.1 Å². The molecule has 4 heteroatoms. The third-order valence-corrected chi connectivity index (χ3v) is 2.58. The Morgan fingerprint density at radius 2 is 2.18 bits per heavy atom. The highest BCUT2D eigenvalue weighted by Gasteiger charge is 2.13. The van der Waals surface area contributed by atoms with E-state index in [-0.39, 0.29) is 23.9 Å². The van der Waals surface area contributed by atoms with E-state index in [1.54, 1.807) is 6.07 Å². The lowest BCUT2D eigenvalue weighted by atomic mass is 10.1. The van der Waals surface area contributed by atoms with Gasteiger partial charge in [-0.05, 0) is 31.5 Å². The number of hydrogen-bond donors (Lipinski definition) is 1. The molecule has 0 aromatic heterocycles. The lowest BCUT2D eigenvalue weighted by Crippen LogP contribution is -2.31. The number of benzene rings is 1. The smallest absolute Gasteiger partial charge is 0.307 e. The first-order valence-electron chi connectivity index (χ1n) is 5.61. The van der Waals surface area contributed by atoms with Crippen molar-refractivity contribution in [3.8, 4) is 0 Å². The van der Waals surface area contributed by atoms with Gasteiger partial charge >= 0.3 is 5.97 Å². The topological polar surface area (TPSA) is 38.3 Å². The first-order chi connectivity index (χ1) is 8.02. The summed E-state index contributed by atoms with van der Waals surface area (Å²) in [4.78, 5) is 11.1. The van der Waals surface area contributed by atoms with Crippen molar-refractivity contribution in [1.29, 1.82) is 0 Å². The van der Waals surface area contributed by atoms with Crippen molar-refractivity contribution in [2.24, 2.45) is 0 Å². The van der Waals surface area contributed by atoms with Gasteiger partial charge in [-0.15, -0.1) is 0 Å². The molecule has 1 aromatic rings. The van der Waals surface area contributed by atoms with Gasteiger partial charge in [-0.3, -0.25) is 4.79 Å². The number of methoxy groups -OCH3 is 1. The molecule has 3 nitrogen and oxygen atoms in total. The van der Waals surface area contributed by atoms with Crippen molar-refractivity contribution >= 4 is 5.97 Å². The minimum atomic E-state index is -0.253. The predicted molar refractivity (Wildman–Crippen MR) is 64.0 cm³/mol. The summed E-state index contributed by atoms with van der Waals surface area (Å²) in [6.07, 6.45) is 0.302. The van der Waals surface area contributed by atoms with Crippen LogP contribution >= 0.6 is 0 Å². The van der Waals surface area contributed by atoms with E-state index in [9.17, 15) is 9.18 Å². The van der Waals surface area contributed by atoms with E-state index >= 15 is 0 Å². The second kappa shape index (κ2) is 6.35. The molecule has 1 aromatic carbocycles. The largest absolute Gasteiger partial charge is 0.469 e. The predicted octanol–water partition coefficient (Wildman–Crippen LogP) is 2.43. The molecule has 0 saturated heterocycles. The fourth-order valence-corrected chi connectivity index (χ4v) is 1.69. The quantitative estimate of drug-likeness (QED) is 0.802. The van der Waals surface area contributed by atoms with E-state index in [2.05, 4.69) is 10.1 Å². The molecule has 0 aliphatic heterocycles. The number of rotatable bonds is 5. The molecule has 0 aliphatic rings. The monoisotopic (exact) mass is 239 g/mol. The molecular formula is C13H18FNO2. The van der Waals surface area contributed by atoms with Gasteiger partial charge in [-0.1, -0.05) is 12.1 Å². The zero-order chi connectivity index (χ0) is 12.8. The minimum Gasteiger partial charge on any atom is -0.469 e. The fraction of sp³-hybridized carbons (Fsp3) is 0.462. The van der Waals surface area contributed by atoms with Crippen LogP contribution in [0.25, 0.3) is 0 Å². The molecular weight excluding hydrogens is 221 g/mol. The van der Waals surface area contributed by atoms with E-state index in [1.807, 2.05) is 19.9 Å². The molecule has 0 aliphatic carbocycles. The Labute approximate surface area is 101 Å². The molecule has 0 fully saturated rings. The maximum atomic E-state index is 13.0. The molecule has 0 bridgehead atoms. The molecule has 94 valence electrons. The van der Waals surface area contributed by atoms with Crippen LogP contribution in [-0.2, 0) is 9.53 Å². The second-order valence-corrected chi connectivity index (χ2v) is 4.12. The lowest BCUT2D eigenvalue weighted by molar-refractivity contribution is -0.141. The van der Waals surface area contributed by atoms with Gasteiger partial charge in [0.1, 0.15) is 5.82 Å². The summed E-state index contributed by atoms with van der Waals surface area (Å²) in [5, 5.41) is 3.22. The van der Waals surface area contributed by atoms with Crippen molar-refractivity contribution in [1.82, 2.24) is 5.32 Å². The molecule has 17 heavy (non-hydrogen) atoms. The molecule has 1 unspecified atom stereocenters. The Kier molecular flexibility index (Phi) is 5.10. The summed E-state index contributed by atoms with van der Waals surface area (Å²) in [7, 11) is 1.37. The number of ether oxygens (including phenoxy) is 1. The summed E-state index contributed by atoms with van der Waals surface area (Å²) >= 11 is 0. The fourth-order valence-electron chi connectivity index (χ4n) is 1.69. The second-order valence-electron chi connectivity index (χ2n) is 4.12.